The van der Waals surface area contributed by atoms with Crippen molar-refractivity contribution >= 4 is 22.6 Å². The number of rotatable bonds is 5. The average Bonchev–Trinajstić information content (AvgIpc) is 3.26. The Morgan fingerprint density at radius 2 is 1.92 bits per heavy atom. The molecule has 0 unspecified atom stereocenters. The Bertz CT molecular complexity index is 974. The molecule has 0 aliphatic heterocycles. The number of fused-ring (bicyclic) bond motifs is 2. The van der Waals surface area contributed by atoms with Crippen LogP contribution in [-0.4, -0.2) is 20.1 Å². The van der Waals surface area contributed by atoms with Gasteiger partial charge < -0.3 is 19.2 Å². The number of carbonyl (C=O) groups is 1. The van der Waals surface area contributed by atoms with Gasteiger partial charge in [0.2, 0.25) is 5.91 Å². The second-order valence-electron chi connectivity index (χ2n) is 6.52. The highest BCUT2D eigenvalue weighted by atomic mass is 16.5. The minimum absolute atomic E-state index is 0.125. The maximum Gasteiger partial charge on any atom is 0.229 e. The maximum atomic E-state index is 12.6. The third kappa shape index (κ3) is 3.01. The van der Waals surface area contributed by atoms with Crippen LogP contribution in [0, 0.1) is 0 Å². The van der Waals surface area contributed by atoms with Crippen molar-refractivity contribution in [3.05, 3.63) is 53.3 Å². The topological polar surface area (TPSA) is 60.7 Å². The fourth-order valence-electron chi connectivity index (χ4n) is 3.56. The number of amides is 1. The molecule has 1 amide bonds. The fraction of sp³-hybridized carbons (Fsp3) is 0.286. The molecule has 0 saturated carbocycles. The number of hydrogen-bond acceptors (Lipinski definition) is 4. The van der Waals surface area contributed by atoms with Crippen LogP contribution in [0.5, 0.6) is 11.5 Å². The van der Waals surface area contributed by atoms with E-state index in [1.807, 2.05) is 0 Å². The molecule has 134 valence electrons. The van der Waals surface area contributed by atoms with E-state index >= 15 is 0 Å². The van der Waals surface area contributed by atoms with Gasteiger partial charge in [0.15, 0.2) is 0 Å². The number of furan rings is 1. The molecule has 0 fully saturated rings. The molecular weight excluding hydrogens is 330 g/mol. The maximum absolute atomic E-state index is 12.6. The lowest BCUT2D eigenvalue weighted by atomic mass is 10.0. The van der Waals surface area contributed by atoms with Crippen LogP contribution >= 0.6 is 0 Å². The van der Waals surface area contributed by atoms with Crippen molar-refractivity contribution in [2.75, 3.05) is 19.5 Å². The van der Waals surface area contributed by atoms with Crippen molar-refractivity contribution < 1.29 is 18.7 Å². The molecule has 26 heavy (non-hydrogen) atoms. The fourth-order valence-corrected chi connectivity index (χ4v) is 3.56. The Labute approximate surface area is 151 Å². The summed E-state index contributed by atoms with van der Waals surface area (Å²) in [5.74, 6) is 1.12. The quantitative estimate of drug-likeness (QED) is 0.751. The van der Waals surface area contributed by atoms with Gasteiger partial charge in [-0.2, -0.15) is 0 Å². The third-order valence-corrected chi connectivity index (χ3v) is 4.90. The first-order valence-corrected chi connectivity index (χ1v) is 8.71. The van der Waals surface area contributed by atoms with E-state index in [4.69, 9.17) is 13.9 Å². The Morgan fingerprint density at radius 1 is 1.12 bits per heavy atom. The van der Waals surface area contributed by atoms with E-state index in [2.05, 4.69) is 17.4 Å². The zero-order valence-corrected chi connectivity index (χ0v) is 14.9. The monoisotopic (exact) mass is 351 g/mol. The van der Waals surface area contributed by atoms with Crippen LogP contribution in [0.3, 0.4) is 0 Å². The number of aryl methyl sites for hydroxylation is 2. The lowest BCUT2D eigenvalue weighted by molar-refractivity contribution is -0.115. The molecule has 1 aliphatic rings. The van der Waals surface area contributed by atoms with E-state index in [9.17, 15) is 4.79 Å². The highest BCUT2D eigenvalue weighted by Crippen LogP contribution is 2.32. The summed E-state index contributed by atoms with van der Waals surface area (Å²) in [6, 6.07) is 9.60. The Kier molecular flexibility index (Phi) is 4.29. The molecule has 4 rings (SSSR count). The summed E-state index contributed by atoms with van der Waals surface area (Å²) in [7, 11) is 3.16. The zero-order valence-electron chi connectivity index (χ0n) is 14.9. The van der Waals surface area contributed by atoms with Crippen LogP contribution in [0.25, 0.3) is 11.0 Å². The molecule has 3 aromatic rings. The van der Waals surface area contributed by atoms with Gasteiger partial charge in [0.05, 0.1) is 32.6 Å². The van der Waals surface area contributed by atoms with Gasteiger partial charge in [-0.3, -0.25) is 4.79 Å². The van der Waals surface area contributed by atoms with Crippen molar-refractivity contribution in [1.82, 2.24) is 0 Å². The van der Waals surface area contributed by atoms with E-state index in [-0.39, 0.29) is 12.3 Å². The molecule has 0 saturated heterocycles. The summed E-state index contributed by atoms with van der Waals surface area (Å²) in [6.45, 7) is 0. The normalized spacial score (nSPS) is 12.8. The van der Waals surface area contributed by atoms with E-state index < -0.39 is 0 Å². The van der Waals surface area contributed by atoms with Crippen LogP contribution in [0.15, 0.2) is 41.0 Å². The van der Waals surface area contributed by atoms with Crippen molar-refractivity contribution in [3.8, 4) is 11.5 Å². The number of anilines is 1. The second kappa shape index (κ2) is 6.75. The highest BCUT2D eigenvalue weighted by Gasteiger charge is 2.17. The minimum atomic E-state index is -0.125. The van der Waals surface area contributed by atoms with Crippen molar-refractivity contribution in [2.45, 2.75) is 25.7 Å². The number of benzene rings is 2. The molecule has 5 nitrogen and oxygen atoms in total. The van der Waals surface area contributed by atoms with Crippen molar-refractivity contribution in [1.29, 1.82) is 0 Å². The second-order valence-corrected chi connectivity index (χ2v) is 6.52. The first-order valence-electron chi connectivity index (χ1n) is 8.71. The summed E-state index contributed by atoms with van der Waals surface area (Å²) in [5.41, 5.74) is 5.08. The van der Waals surface area contributed by atoms with Crippen LogP contribution in [0.1, 0.15) is 23.1 Å². The van der Waals surface area contributed by atoms with E-state index in [1.165, 1.54) is 17.5 Å². The molecule has 1 N–H and O–H groups in total. The van der Waals surface area contributed by atoms with Gasteiger partial charge >= 0.3 is 0 Å². The molecule has 5 heteroatoms. The molecule has 0 spiro atoms. The molecule has 1 aromatic heterocycles. The molecule has 2 aromatic carbocycles. The lowest BCUT2D eigenvalue weighted by Gasteiger charge is -2.11. The Hall–Kier alpha value is -2.95. The van der Waals surface area contributed by atoms with Crippen LogP contribution in [-0.2, 0) is 24.1 Å². The van der Waals surface area contributed by atoms with Crippen molar-refractivity contribution in [2.24, 2.45) is 0 Å². The van der Waals surface area contributed by atoms with Crippen LogP contribution < -0.4 is 14.8 Å². The molecular formula is C21H21NO4. The van der Waals surface area contributed by atoms with Gasteiger partial charge in [-0.15, -0.1) is 0 Å². The Morgan fingerprint density at radius 3 is 2.69 bits per heavy atom. The van der Waals surface area contributed by atoms with Gasteiger partial charge in [-0.25, -0.2) is 0 Å². The van der Waals surface area contributed by atoms with Gasteiger partial charge in [0.25, 0.3) is 0 Å². The van der Waals surface area contributed by atoms with Gasteiger partial charge in [0, 0.05) is 17.0 Å². The van der Waals surface area contributed by atoms with Crippen LogP contribution in [0.4, 0.5) is 5.69 Å². The predicted molar refractivity (Wildman–Crippen MR) is 100 cm³/mol. The van der Waals surface area contributed by atoms with E-state index in [1.54, 1.807) is 38.7 Å². The molecule has 1 heterocycles. The van der Waals surface area contributed by atoms with E-state index in [0.29, 0.717) is 17.2 Å². The summed E-state index contributed by atoms with van der Waals surface area (Å²) in [6.07, 6.45) is 5.32. The first-order chi connectivity index (χ1) is 12.7. The van der Waals surface area contributed by atoms with Gasteiger partial charge in [0.1, 0.15) is 17.1 Å². The summed E-state index contributed by atoms with van der Waals surface area (Å²) in [5, 5.41) is 3.93. The summed E-state index contributed by atoms with van der Waals surface area (Å²) >= 11 is 0. The average molecular weight is 351 g/mol. The molecule has 0 bridgehead atoms. The first kappa shape index (κ1) is 16.5. The van der Waals surface area contributed by atoms with Crippen molar-refractivity contribution in [3.63, 3.8) is 0 Å². The summed E-state index contributed by atoms with van der Waals surface area (Å²) in [4.78, 5) is 12.6. The third-order valence-electron chi connectivity index (χ3n) is 4.90. The number of ether oxygens (including phenoxy) is 2. The summed E-state index contributed by atoms with van der Waals surface area (Å²) < 4.78 is 16.2. The smallest absolute Gasteiger partial charge is 0.229 e. The van der Waals surface area contributed by atoms with Crippen LogP contribution in [0.2, 0.25) is 0 Å². The molecule has 0 radical (unpaired) electrons. The zero-order chi connectivity index (χ0) is 18.1. The Balaban J connectivity index is 1.56. The number of carbonyl (C=O) groups excluding carboxylic acids is 1. The number of methoxy groups -OCH3 is 2. The number of hydrogen-bond donors (Lipinski definition) is 1. The minimum Gasteiger partial charge on any atom is -0.497 e. The molecule has 1 aliphatic carbocycles. The SMILES string of the molecule is COc1ccc(OC)c(NC(=O)Cc2coc3cc4c(cc23)CCC4)c1. The van der Waals surface area contributed by atoms with Gasteiger partial charge in [-0.05, 0) is 54.7 Å². The highest BCUT2D eigenvalue weighted by molar-refractivity contribution is 5.96. The lowest BCUT2D eigenvalue weighted by Crippen LogP contribution is -2.15. The predicted octanol–water partition coefficient (Wildman–Crippen LogP) is 4.12. The standard InChI is InChI=1S/C21H21NO4/c1-24-16-6-7-19(25-2)18(11-16)22-21(23)10-15-12-26-20-9-14-5-3-4-13(14)8-17(15)20/h6-9,11-12H,3-5,10H2,1-2H3,(H,22,23). The van der Waals surface area contributed by atoms with E-state index in [0.717, 1.165) is 29.4 Å². The molecule has 0 atom stereocenters. The number of nitrogens with one attached hydrogen (secondary N) is 1. The largest absolute Gasteiger partial charge is 0.497 e. The van der Waals surface area contributed by atoms with Gasteiger partial charge in [-0.1, -0.05) is 0 Å².